The molecule has 6 atom stereocenters. The summed E-state index contributed by atoms with van der Waals surface area (Å²) in [5.41, 5.74) is 1.66. The van der Waals surface area contributed by atoms with Gasteiger partial charge in [0.05, 0.1) is 13.2 Å². The van der Waals surface area contributed by atoms with E-state index in [4.69, 9.17) is 33.2 Å². The van der Waals surface area contributed by atoms with Crippen LogP contribution in [0.25, 0.3) is 0 Å². The number of carbonyl (C=O) groups is 3. The topological polar surface area (TPSA) is 140 Å². The summed E-state index contributed by atoms with van der Waals surface area (Å²) < 4.78 is 39.3. The Bertz CT molecular complexity index is 1210. The molecule has 2 saturated heterocycles. The van der Waals surface area contributed by atoms with Crippen molar-refractivity contribution in [1.82, 2.24) is 10.6 Å². The molecule has 0 bridgehead atoms. The molecule has 12 nitrogen and oxygen atoms in total. The largest absolute Gasteiger partial charge is 0.467 e. The number of fused-ring (bicyclic) bond motifs is 1. The van der Waals surface area contributed by atoms with Crippen LogP contribution in [-0.4, -0.2) is 74.8 Å². The molecule has 0 spiro atoms. The molecule has 2 fully saturated rings. The number of rotatable bonds is 14. The Balaban J connectivity index is 1.37. The van der Waals surface area contributed by atoms with Crippen molar-refractivity contribution < 1.29 is 47.5 Å². The fraction of sp³-hybridized carbons (Fsp3) is 0.531. The van der Waals surface area contributed by atoms with Crippen molar-refractivity contribution in [2.45, 2.75) is 95.2 Å². The predicted octanol–water partition coefficient (Wildman–Crippen LogP) is 4.20. The van der Waals surface area contributed by atoms with E-state index in [1.807, 2.05) is 74.5 Å². The molecule has 2 heterocycles. The first kappa shape index (κ1) is 33.2. The predicted molar refractivity (Wildman–Crippen MR) is 157 cm³/mol. The first-order valence-corrected chi connectivity index (χ1v) is 14.7. The van der Waals surface area contributed by atoms with Gasteiger partial charge in [0.25, 0.3) is 0 Å². The fourth-order valence-corrected chi connectivity index (χ4v) is 5.32. The van der Waals surface area contributed by atoms with Gasteiger partial charge in [-0.3, -0.25) is 0 Å². The smallest absolute Gasteiger partial charge is 0.408 e. The molecule has 240 valence electrons. The van der Waals surface area contributed by atoms with Crippen LogP contribution in [0.15, 0.2) is 60.7 Å². The van der Waals surface area contributed by atoms with Crippen LogP contribution in [0.5, 0.6) is 0 Å². The van der Waals surface area contributed by atoms with Gasteiger partial charge < -0.3 is 43.8 Å². The Labute approximate surface area is 257 Å². The SMILES string of the molecule is COC(=O)[C@H](CCC(CC[C@H]1O[C@@H](OC)[C@@H]2OC(C)(C)O[C@@H]21)NC(=O)OCc1ccccc1)NC(=O)OCc1ccccc1. The van der Waals surface area contributed by atoms with E-state index in [2.05, 4.69) is 10.6 Å². The van der Waals surface area contributed by atoms with Crippen molar-refractivity contribution >= 4 is 18.2 Å². The summed E-state index contributed by atoms with van der Waals surface area (Å²) in [5, 5.41) is 5.49. The Morgan fingerprint density at radius 1 is 0.795 bits per heavy atom. The molecule has 2 aliphatic heterocycles. The van der Waals surface area contributed by atoms with Crippen molar-refractivity contribution in [3.8, 4) is 0 Å². The molecule has 2 aromatic carbocycles. The van der Waals surface area contributed by atoms with Gasteiger partial charge in [-0.05, 0) is 50.7 Å². The number of carbonyl (C=O) groups excluding carboxylic acids is 3. The van der Waals surface area contributed by atoms with E-state index in [-0.39, 0.29) is 37.9 Å². The van der Waals surface area contributed by atoms with Gasteiger partial charge in [0.2, 0.25) is 0 Å². The van der Waals surface area contributed by atoms with Crippen molar-refractivity contribution in [2.24, 2.45) is 0 Å². The molecule has 4 rings (SSSR count). The Morgan fingerprint density at radius 2 is 1.36 bits per heavy atom. The lowest BCUT2D eigenvalue weighted by atomic mass is 9.98. The molecule has 44 heavy (non-hydrogen) atoms. The highest BCUT2D eigenvalue weighted by Gasteiger charge is 2.55. The van der Waals surface area contributed by atoms with E-state index < -0.39 is 42.3 Å². The minimum Gasteiger partial charge on any atom is -0.467 e. The van der Waals surface area contributed by atoms with Gasteiger partial charge in [-0.1, -0.05) is 60.7 Å². The number of alkyl carbamates (subject to hydrolysis) is 2. The Morgan fingerprint density at radius 3 is 1.93 bits per heavy atom. The van der Waals surface area contributed by atoms with Crippen LogP contribution in [0.2, 0.25) is 0 Å². The number of methoxy groups -OCH3 is 2. The van der Waals surface area contributed by atoms with E-state index in [0.717, 1.165) is 11.1 Å². The summed E-state index contributed by atoms with van der Waals surface area (Å²) in [4.78, 5) is 37.9. The summed E-state index contributed by atoms with van der Waals surface area (Å²) in [5.74, 6) is -1.41. The number of esters is 1. The maximum atomic E-state index is 12.8. The normalized spacial score (nSPS) is 23.2. The van der Waals surface area contributed by atoms with E-state index in [9.17, 15) is 14.4 Å². The van der Waals surface area contributed by atoms with Crippen LogP contribution in [0.1, 0.15) is 50.7 Å². The second-order valence-corrected chi connectivity index (χ2v) is 11.2. The molecule has 0 radical (unpaired) electrons. The van der Waals surface area contributed by atoms with Gasteiger partial charge in [-0.25, -0.2) is 14.4 Å². The number of nitrogens with one attached hydrogen (secondary N) is 2. The number of hydrogen-bond acceptors (Lipinski definition) is 10. The molecular formula is C32H42N2O10. The van der Waals surface area contributed by atoms with Crippen LogP contribution in [0.4, 0.5) is 9.59 Å². The lowest BCUT2D eigenvalue weighted by Gasteiger charge is -2.25. The van der Waals surface area contributed by atoms with Crippen molar-refractivity contribution in [1.29, 1.82) is 0 Å². The second-order valence-electron chi connectivity index (χ2n) is 11.2. The van der Waals surface area contributed by atoms with E-state index >= 15 is 0 Å². The summed E-state index contributed by atoms with van der Waals surface area (Å²) in [6.07, 6.45) is -1.57. The molecule has 0 saturated carbocycles. The van der Waals surface area contributed by atoms with Crippen LogP contribution in [0, 0.1) is 0 Å². The number of hydrogen-bond donors (Lipinski definition) is 2. The van der Waals surface area contributed by atoms with Gasteiger partial charge in [-0.15, -0.1) is 0 Å². The zero-order chi connectivity index (χ0) is 31.5. The third-order valence-electron chi connectivity index (χ3n) is 7.47. The Hall–Kier alpha value is -3.71. The molecule has 2 amide bonds. The molecule has 12 heteroatoms. The second kappa shape index (κ2) is 15.8. The van der Waals surface area contributed by atoms with Crippen LogP contribution >= 0.6 is 0 Å². The highest BCUT2D eigenvalue weighted by atomic mass is 16.8. The standard InChI is InChI=1S/C32H42N2O10/c1-32(2)43-26-25(42-29(39-4)27(26)44-32)18-16-23(33-30(36)40-19-21-11-7-5-8-12-21)15-17-24(28(35)38-3)34-31(37)41-20-22-13-9-6-10-14-22/h5-14,23-27,29H,15-20H2,1-4H3,(H,33,36)(H,34,37)/t23?,24-,25+,26+,27+,29+/m0/s1. The number of ether oxygens (including phenoxy) is 7. The number of benzene rings is 2. The number of amides is 2. The lowest BCUT2D eigenvalue weighted by molar-refractivity contribution is -0.227. The quantitative estimate of drug-likeness (QED) is 0.235. The highest BCUT2D eigenvalue weighted by molar-refractivity contribution is 5.81. The zero-order valence-electron chi connectivity index (χ0n) is 25.6. The highest BCUT2D eigenvalue weighted by Crippen LogP contribution is 2.40. The van der Waals surface area contributed by atoms with Gasteiger partial charge in [0.1, 0.15) is 31.5 Å². The van der Waals surface area contributed by atoms with E-state index in [0.29, 0.717) is 19.3 Å². The molecule has 2 aromatic rings. The van der Waals surface area contributed by atoms with Gasteiger partial charge in [0.15, 0.2) is 12.1 Å². The van der Waals surface area contributed by atoms with Crippen molar-refractivity contribution in [3.63, 3.8) is 0 Å². The van der Waals surface area contributed by atoms with Gasteiger partial charge >= 0.3 is 18.2 Å². The monoisotopic (exact) mass is 614 g/mol. The molecule has 2 N–H and O–H groups in total. The first-order valence-electron chi connectivity index (χ1n) is 14.7. The van der Waals surface area contributed by atoms with Crippen molar-refractivity contribution in [2.75, 3.05) is 14.2 Å². The maximum Gasteiger partial charge on any atom is 0.408 e. The molecule has 0 aliphatic carbocycles. The van der Waals surface area contributed by atoms with Crippen LogP contribution in [0.3, 0.4) is 0 Å². The summed E-state index contributed by atoms with van der Waals surface area (Å²) in [7, 11) is 2.80. The third-order valence-corrected chi connectivity index (χ3v) is 7.47. The average Bonchev–Trinajstić information content (AvgIpc) is 3.52. The van der Waals surface area contributed by atoms with E-state index in [1.54, 1.807) is 7.11 Å². The minimum atomic E-state index is -0.995. The Kier molecular flexibility index (Phi) is 12.0. The lowest BCUT2D eigenvalue weighted by Crippen LogP contribution is -2.44. The minimum absolute atomic E-state index is 0.0482. The average molecular weight is 615 g/mol. The van der Waals surface area contributed by atoms with E-state index in [1.165, 1.54) is 7.11 Å². The van der Waals surface area contributed by atoms with Gasteiger partial charge in [-0.2, -0.15) is 0 Å². The van der Waals surface area contributed by atoms with Gasteiger partial charge in [0, 0.05) is 13.2 Å². The maximum absolute atomic E-state index is 12.8. The summed E-state index contributed by atoms with van der Waals surface area (Å²) in [6, 6.07) is 17.1. The molecule has 1 unspecified atom stereocenters. The fourth-order valence-electron chi connectivity index (χ4n) is 5.32. The van der Waals surface area contributed by atoms with Crippen LogP contribution in [-0.2, 0) is 51.2 Å². The zero-order valence-corrected chi connectivity index (χ0v) is 25.6. The summed E-state index contributed by atoms with van der Waals surface area (Å²) >= 11 is 0. The molecular weight excluding hydrogens is 572 g/mol. The summed E-state index contributed by atoms with van der Waals surface area (Å²) in [6.45, 7) is 3.83. The first-order chi connectivity index (χ1) is 21.2. The third kappa shape index (κ3) is 9.65. The molecule has 0 aromatic heterocycles. The van der Waals surface area contributed by atoms with Crippen LogP contribution < -0.4 is 10.6 Å². The van der Waals surface area contributed by atoms with Crippen molar-refractivity contribution in [3.05, 3.63) is 71.8 Å². The molecule has 2 aliphatic rings.